The molecule has 1 aromatic rings. The van der Waals surface area contributed by atoms with Crippen LogP contribution in [0.5, 0.6) is 0 Å². The SMILES string of the molecule is CCNC(=S)N1CCc2nn(C)c(C(=O)O)c2C1. The summed E-state index contributed by atoms with van der Waals surface area (Å²) in [5.41, 5.74) is 1.90. The summed E-state index contributed by atoms with van der Waals surface area (Å²) in [6.07, 6.45) is 0.724. The molecular formula is C11H16N4O2S. The van der Waals surface area contributed by atoms with Gasteiger partial charge >= 0.3 is 5.97 Å². The number of carbonyl (C=O) groups is 1. The van der Waals surface area contributed by atoms with E-state index in [0.717, 1.165) is 30.8 Å². The first kappa shape index (κ1) is 12.8. The van der Waals surface area contributed by atoms with Crippen LogP contribution in [-0.2, 0) is 20.0 Å². The maximum atomic E-state index is 11.2. The third-order valence-electron chi connectivity index (χ3n) is 3.01. The van der Waals surface area contributed by atoms with Gasteiger partial charge in [-0.25, -0.2) is 4.79 Å². The monoisotopic (exact) mass is 268 g/mol. The number of aromatic carboxylic acids is 1. The fraction of sp³-hybridized carbons (Fsp3) is 0.545. The summed E-state index contributed by atoms with van der Waals surface area (Å²) >= 11 is 5.26. The van der Waals surface area contributed by atoms with Crippen molar-refractivity contribution in [3.63, 3.8) is 0 Å². The standard InChI is InChI=1S/C11H16N4O2S/c1-3-12-11(18)15-5-4-8-7(6-15)9(10(16)17)14(2)13-8/h3-6H2,1-2H3,(H,12,18)(H,16,17). The van der Waals surface area contributed by atoms with Crippen molar-refractivity contribution in [2.75, 3.05) is 13.1 Å². The Labute approximate surface area is 111 Å². The molecule has 0 fully saturated rings. The number of rotatable bonds is 2. The molecule has 0 unspecified atom stereocenters. The quantitative estimate of drug-likeness (QED) is 0.755. The number of aryl methyl sites for hydroxylation is 1. The van der Waals surface area contributed by atoms with Crippen molar-refractivity contribution in [2.24, 2.45) is 7.05 Å². The number of fused-ring (bicyclic) bond motifs is 1. The molecule has 0 atom stereocenters. The molecule has 98 valence electrons. The molecule has 0 amide bonds. The lowest BCUT2D eigenvalue weighted by atomic mass is 10.1. The second-order valence-electron chi connectivity index (χ2n) is 4.21. The van der Waals surface area contributed by atoms with Crippen LogP contribution < -0.4 is 5.32 Å². The molecule has 1 aliphatic rings. The summed E-state index contributed by atoms with van der Waals surface area (Å²) in [6, 6.07) is 0. The Morgan fingerprint density at radius 3 is 2.94 bits per heavy atom. The van der Waals surface area contributed by atoms with Gasteiger partial charge in [0.25, 0.3) is 0 Å². The van der Waals surface area contributed by atoms with E-state index in [-0.39, 0.29) is 5.69 Å². The van der Waals surface area contributed by atoms with Gasteiger partial charge in [0.05, 0.1) is 5.69 Å². The van der Waals surface area contributed by atoms with Gasteiger partial charge in [0, 0.05) is 38.7 Å². The summed E-state index contributed by atoms with van der Waals surface area (Å²) < 4.78 is 1.44. The van der Waals surface area contributed by atoms with Crippen LogP contribution in [0.1, 0.15) is 28.7 Å². The van der Waals surface area contributed by atoms with Gasteiger partial charge in [-0.15, -0.1) is 0 Å². The van der Waals surface area contributed by atoms with Crippen LogP contribution in [0.2, 0.25) is 0 Å². The number of aromatic nitrogens is 2. The molecular weight excluding hydrogens is 252 g/mol. The van der Waals surface area contributed by atoms with E-state index < -0.39 is 5.97 Å². The number of carboxylic acids is 1. The van der Waals surface area contributed by atoms with E-state index in [2.05, 4.69) is 10.4 Å². The lowest BCUT2D eigenvalue weighted by Crippen LogP contribution is -2.42. The second-order valence-corrected chi connectivity index (χ2v) is 4.60. The highest BCUT2D eigenvalue weighted by atomic mass is 32.1. The molecule has 1 aromatic heterocycles. The average Bonchev–Trinajstić information content (AvgIpc) is 2.64. The van der Waals surface area contributed by atoms with Crippen LogP contribution >= 0.6 is 12.2 Å². The molecule has 6 nitrogen and oxygen atoms in total. The van der Waals surface area contributed by atoms with E-state index in [9.17, 15) is 9.90 Å². The van der Waals surface area contributed by atoms with Crippen LogP contribution in [0.4, 0.5) is 0 Å². The number of thiocarbonyl (C=S) groups is 1. The molecule has 0 bridgehead atoms. The van der Waals surface area contributed by atoms with Gasteiger partial charge in [-0.05, 0) is 19.1 Å². The fourth-order valence-electron chi connectivity index (χ4n) is 2.21. The molecule has 2 N–H and O–H groups in total. The molecule has 2 heterocycles. The highest BCUT2D eigenvalue weighted by Gasteiger charge is 2.27. The van der Waals surface area contributed by atoms with Crippen molar-refractivity contribution in [1.82, 2.24) is 20.0 Å². The third-order valence-corrected chi connectivity index (χ3v) is 3.42. The number of hydrogen-bond donors (Lipinski definition) is 2. The lowest BCUT2D eigenvalue weighted by Gasteiger charge is -2.29. The van der Waals surface area contributed by atoms with Crippen LogP contribution in [0.15, 0.2) is 0 Å². The molecule has 0 radical (unpaired) electrons. The number of hydrogen-bond acceptors (Lipinski definition) is 3. The highest BCUT2D eigenvalue weighted by Crippen LogP contribution is 2.21. The van der Waals surface area contributed by atoms with Gasteiger partial charge < -0.3 is 15.3 Å². The molecule has 7 heteroatoms. The minimum absolute atomic E-state index is 0.258. The summed E-state index contributed by atoms with van der Waals surface area (Å²) in [5.74, 6) is -0.942. The normalized spacial score (nSPS) is 14.2. The Morgan fingerprint density at radius 1 is 1.61 bits per heavy atom. The predicted molar refractivity (Wildman–Crippen MR) is 70.6 cm³/mol. The van der Waals surface area contributed by atoms with Gasteiger partial charge in [0.2, 0.25) is 0 Å². The van der Waals surface area contributed by atoms with Crippen molar-refractivity contribution in [2.45, 2.75) is 19.9 Å². The second kappa shape index (κ2) is 4.93. The molecule has 0 saturated carbocycles. The molecule has 18 heavy (non-hydrogen) atoms. The first-order valence-corrected chi connectivity index (χ1v) is 6.26. The van der Waals surface area contributed by atoms with E-state index in [1.807, 2.05) is 11.8 Å². The Bertz CT molecular complexity index is 497. The lowest BCUT2D eigenvalue weighted by molar-refractivity contribution is 0.0683. The smallest absolute Gasteiger partial charge is 0.354 e. The van der Waals surface area contributed by atoms with Crippen molar-refractivity contribution >= 4 is 23.3 Å². The predicted octanol–water partition coefficient (Wildman–Crippen LogP) is 0.371. The maximum absolute atomic E-state index is 11.2. The molecule has 2 rings (SSSR count). The molecule has 0 aromatic carbocycles. The van der Waals surface area contributed by atoms with Gasteiger partial charge in [-0.2, -0.15) is 5.10 Å². The third kappa shape index (κ3) is 2.17. The molecule has 1 aliphatic heterocycles. The Morgan fingerprint density at radius 2 is 2.33 bits per heavy atom. The van der Waals surface area contributed by atoms with Crippen LogP contribution in [-0.4, -0.2) is 44.0 Å². The molecule has 0 aliphatic carbocycles. The van der Waals surface area contributed by atoms with E-state index in [1.54, 1.807) is 7.05 Å². The van der Waals surface area contributed by atoms with Crippen molar-refractivity contribution in [3.05, 3.63) is 17.0 Å². The minimum atomic E-state index is -0.942. The molecule has 0 saturated heterocycles. The van der Waals surface area contributed by atoms with Crippen molar-refractivity contribution < 1.29 is 9.90 Å². The first-order valence-electron chi connectivity index (χ1n) is 5.85. The molecule has 0 spiro atoms. The maximum Gasteiger partial charge on any atom is 0.354 e. The minimum Gasteiger partial charge on any atom is -0.477 e. The van der Waals surface area contributed by atoms with E-state index in [0.29, 0.717) is 11.7 Å². The van der Waals surface area contributed by atoms with E-state index in [4.69, 9.17) is 12.2 Å². The topological polar surface area (TPSA) is 70.4 Å². The zero-order chi connectivity index (χ0) is 13.3. The zero-order valence-electron chi connectivity index (χ0n) is 10.4. The average molecular weight is 268 g/mol. The number of nitrogens with one attached hydrogen (secondary N) is 1. The van der Waals surface area contributed by atoms with Crippen molar-refractivity contribution in [3.8, 4) is 0 Å². The zero-order valence-corrected chi connectivity index (χ0v) is 11.3. The van der Waals surface area contributed by atoms with Gasteiger partial charge in [0.15, 0.2) is 10.8 Å². The van der Waals surface area contributed by atoms with E-state index in [1.165, 1.54) is 4.68 Å². The van der Waals surface area contributed by atoms with Gasteiger partial charge in [-0.3, -0.25) is 4.68 Å². The highest BCUT2D eigenvalue weighted by molar-refractivity contribution is 7.80. The summed E-state index contributed by atoms with van der Waals surface area (Å²) in [6.45, 7) is 4.03. The van der Waals surface area contributed by atoms with Crippen LogP contribution in [0.25, 0.3) is 0 Å². The largest absolute Gasteiger partial charge is 0.477 e. The number of carboxylic acid groups (broad SMARTS) is 1. The van der Waals surface area contributed by atoms with Crippen molar-refractivity contribution in [1.29, 1.82) is 0 Å². The first-order chi connectivity index (χ1) is 8.54. The number of nitrogens with zero attached hydrogens (tertiary/aromatic N) is 3. The fourth-order valence-corrected chi connectivity index (χ4v) is 2.51. The Hall–Kier alpha value is -1.63. The Balaban J connectivity index is 2.27. The summed E-state index contributed by atoms with van der Waals surface area (Å²) in [4.78, 5) is 13.2. The Kier molecular flexibility index (Phi) is 3.51. The van der Waals surface area contributed by atoms with Crippen LogP contribution in [0, 0.1) is 0 Å². The van der Waals surface area contributed by atoms with E-state index >= 15 is 0 Å². The van der Waals surface area contributed by atoms with Crippen LogP contribution in [0.3, 0.4) is 0 Å². The van der Waals surface area contributed by atoms with Gasteiger partial charge in [0.1, 0.15) is 0 Å². The summed E-state index contributed by atoms with van der Waals surface area (Å²) in [5, 5.41) is 17.2. The van der Waals surface area contributed by atoms with Gasteiger partial charge in [-0.1, -0.05) is 0 Å². The summed E-state index contributed by atoms with van der Waals surface area (Å²) in [7, 11) is 1.66.